The van der Waals surface area contributed by atoms with Gasteiger partial charge in [0.1, 0.15) is 0 Å². The highest BCUT2D eigenvalue weighted by atomic mass is 32.2. The van der Waals surface area contributed by atoms with Crippen LogP contribution in [0.2, 0.25) is 0 Å². The number of nitrogens with one attached hydrogen (secondary N) is 2. The van der Waals surface area contributed by atoms with Gasteiger partial charge in [0.25, 0.3) is 5.56 Å². The lowest BCUT2D eigenvalue weighted by molar-refractivity contribution is -0.137. The fourth-order valence-corrected chi connectivity index (χ4v) is 3.37. The number of H-pyrrole nitrogens is 1. The minimum Gasteiger partial charge on any atom is -0.334 e. The molecule has 0 saturated heterocycles. The fourth-order valence-electron chi connectivity index (χ4n) is 2.94. The van der Waals surface area contributed by atoms with Crippen molar-refractivity contribution >= 4 is 29.3 Å². The molecule has 2 aromatic rings. The Balaban J connectivity index is 2.03. The molecule has 1 aromatic carbocycles. The van der Waals surface area contributed by atoms with E-state index in [-0.39, 0.29) is 30.6 Å². The van der Waals surface area contributed by atoms with Crippen LogP contribution < -0.4 is 10.9 Å². The van der Waals surface area contributed by atoms with Crippen molar-refractivity contribution in [2.24, 2.45) is 0 Å². The monoisotopic (exact) mass is 456 g/mol. The van der Waals surface area contributed by atoms with E-state index in [0.29, 0.717) is 16.4 Å². The summed E-state index contributed by atoms with van der Waals surface area (Å²) in [6.45, 7) is 3.12. The number of rotatable bonds is 8. The minimum absolute atomic E-state index is 0.0372. The molecule has 0 spiro atoms. The van der Waals surface area contributed by atoms with Gasteiger partial charge in [0, 0.05) is 24.2 Å². The number of carbonyl (C=O) groups excluding carboxylic acids is 2. The zero-order valence-corrected chi connectivity index (χ0v) is 18.1. The molecule has 0 saturated carbocycles. The third kappa shape index (κ3) is 6.58. The number of para-hydroxylation sites is 1. The number of anilines is 1. The first kappa shape index (κ1) is 24.4. The lowest BCUT2D eigenvalue weighted by Gasteiger charge is -2.21. The molecular weight excluding hydrogens is 433 g/mol. The molecule has 7 nitrogen and oxygen atoms in total. The van der Waals surface area contributed by atoms with Gasteiger partial charge in [-0.1, -0.05) is 23.9 Å². The van der Waals surface area contributed by atoms with Crippen LogP contribution in [0, 0.1) is 6.92 Å². The van der Waals surface area contributed by atoms with E-state index < -0.39 is 30.1 Å². The van der Waals surface area contributed by atoms with Crippen LogP contribution in [-0.2, 0) is 22.2 Å². The van der Waals surface area contributed by atoms with Gasteiger partial charge < -0.3 is 15.2 Å². The summed E-state index contributed by atoms with van der Waals surface area (Å²) in [7, 11) is 0. The van der Waals surface area contributed by atoms with Crippen molar-refractivity contribution in [2.75, 3.05) is 24.7 Å². The molecule has 11 heteroatoms. The molecular formula is C20H23F3N4O3S. The Morgan fingerprint density at radius 3 is 2.52 bits per heavy atom. The first-order chi connectivity index (χ1) is 14.6. The van der Waals surface area contributed by atoms with Gasteiger partial charge in [-0.25, -0.2) is 4.98 Å². The number of halogens is 3. The lowest BCUT2D eigenvalue weighted by atomic mass is 10.1. The van der Waals surface area contributed by atoms with Crippen LogP contribution in [0.4, 0.5) is 18.9 Å². The van der Waals surface area contributed by atoms with E-state index in [9.17, 15) is 27.6 Å². The van der Waals surface area contributed by atoms with Crippen molar-refractivity contribution in [3.8, 4) is 0 Å². The lowest BCUT2D eigenvalue weighted by Crippen LogP contribution is -2.38. The number of nitrogens with zero attached hydrogens (tertiary/aromatic N) is 2. The number of thioether (sulfide) groups is 1. The number of hydrogen-bond acceptors (Lipinski definition) is 5. The van der Waals surface area contributed by atoms with E-state index in [1.165, 1.54) is 28.8 Å². The summed E-state index contributed by atoms with van der Waals surface area (Å²) in [5.74, 6) is -1.14. The summed E-state index contributed by atoms with van der Waals surface area (Å²) in [5, 5.41) is 2.70. The number of aromatic nitrogens is 2. The highest BCUT2D eigenvalue weighted by Crippen LogP contribution is 2.34. The molecule has 2 N–H and O–H groups in total. The highest BCUT2D eigenvalue weighted by Gasteiger charge is 2.33. The van der Waals surface area contributed by atoms with Crippen molar-refractivity contribution in [1.82, 2.24) is 14.9 Å². The van der Waals surface area contributed by atoms with E-state index >= 15 is 0 Å². The smallest absolute Gasteiger partial charge is 0.334 e. The molecule has 0 fully saturated rings. The molecule has 0 aliphatic heterocycles. The zero-order chi connectivity index (χ0) is 23.2. The molecule has 0 unspecified atom stereocenters. The number of likely N-dealkylation sites (N-methyl/N-ethyl adjacent to an activating group) is 1. The van der Waals surface area contributed by atoms with Crippen LogP contribution in [0.1, 0.15) is 30.2 Å². The number of benzene rings is 1. The van der Waals surface area contributed by atoms with Gasteiger partial charge in [0.15, 0.2) is 5.16 Å². The quantitative estimate of drug-likeness (QED) is 0.470. The molecule has 0 radical (unpaired) electrons. The molecule has 31 heavy (non-hydrogen) atoms. The van der Waals surface area contributed by atoms with Crippen LogP contribution >= 0.6 is 11.8 Å². The second-order valence-electron chi connectivity index (χ2n) is 6.64. The van der Waals surface area contributed by atoms with Gasteiger partial charge >= 0.3 is 6.18 Å². The summed E-state index contributed by atoms with van der Waals surface area (Å²) in [6, 6.07) is 4.63. The number of amides is 2. The maximum Gasteiger partial charge on any atom is 0.418 e. The minimum atomic E-state index is -4.62. The Hall–Kier alpha value is -2.82. The number of alkyl halides is 3. The first-order valence-corrected chi connectivity index (χ1v) is 10.7. The van der Waals surface area contributed by atoms with Gasteiger partial charge in [-0.15, -0.1) is 0 Å². The van der Waals surface area contributed by atoms with E-state index in [1.807, 2.05) is 0 Å². The molecule has 0 bridgehead atoms. The van der Waals surface area contributed by atoms with Crippen molar-refractivity contribution < 1.29 is 22.8 Å². The molecule has 0 aliphatic rings. The van der Waals surface area contributed by atoms with Crippen LogP contribution in [0.5, 0.6) is 0 Å². The average molecular weight is 456 g/mol. The molecule has 2 amide bonds. The largest absolute Gasteiger partial charge is 0.418 e. The second-order valence-corrected chi connectivity index (χ2v) is 7.43. The molecule has 2 rings (SSSR count). The Labute approximate surface area is 181 Å². The third-order valence-electron chi connectivity index (χ3n) is 4.56. The van der Waals surface area contributed by atoms with Gasteiger partial charge in [0.2, 0.25) is 11.8 Å². The maximum atomic E-state index is 13.1. The zero-order valence-electron chi connectivity index (χ0n) is 17.3. The Morgan fingerprint density at radius 1 is 1.26 bits per heavy atom. The molecule has 168 valence electrons. The second kappa shape index (κ2) is 10.5. The van der Waals surface area contributed by atoms with E-state index in [0.717, 1.165) is 12.1 Å². The normalized spacial score (nSPS) is 11.3. The standard InChI is InChI=1S/C20H23F3N4O3S/c1-4-27(11-16(28)25-15-8-6-5-7-14(15)20(21,22)23)17(29)10-9-13-12(2)24-19(31-3)26-18(13)30/h5-8H,4,9-11H2,1-3H3,(H,25,28)(H,24,26,30). The van der Waals surface area contributed by atoms with Crippen LogP contribution in [-0.4, -0.2) is 46.0 Å². The molecule has 1 heterocycles. The maximum absolute atomic E-state index is 13.1. The first-order valence-electron chi connectivity index (χ1n) is 9.44. The average Bonchev–Trinajstić information content (AvgIpc) is 2.70. The van der Waals surface area contributed by atoms with Gasteiger partial charge in [0.05, 0.1) is 17.8 Å². The Kier molecular flexibility index (Phi) is 8.26. The molecule has 0 aliphatic carbocycles. The summed E-state index contributed by atoms with van der Waals surface area (Å²) in [6.07, 6.45) is -2.74. The number of aromatic amines is 1. The van der Waals surface area contributed by atoms with Crippen LogP contribution in [0.25, 0.3) is 0 Å². The van der Waals surface area contributed by atoms with Crippen molar-refractivity contribution in [3.63, 3.8) is 0 Å². The van der Waals surface area contributed by atoms with Crippen LogP contribution in [0.15, 0.2) is 34.2 Å². The highest BCUT2D eigenvalue weighted by molar-refractivity contribution is 7.98. The SMILES string of the molecule is CCN(CC(=O)Nc1ccccc1C(F)(F)F)C(=O)CCc1c(C)nc(SC)[nH]c1=O. The van der Waals surface area contributed by atoms with Gasteiger partial charge in [-0.2, -0.15) is 13.2 Å². The predicted octanol–water partition coefficient (Wildman–Crippen LogP) is 3.24. The third-order valence-corrected chi connectivity index (χ3v) is 5.14. The van der Waals surface area contributed by atoms with E-state index in [2.05, 4.69) is 15.3 Å². The number of aryl methyl sites for hydroxylation is 1. The Morgan fingerprint density at radius 2 is 1.94 bits per heavy atom. The van der Waals surface area contributed by atoms with Gasteiger partial charge in [-0.05, 0) is 38.7 Å². The number of carbonyl (C=O) groups is 2. The van der Waals surface area contributed by atoms with Crippen molar-refractivity contribution in [3.05, 3.63) is 51.4 Å². The topological polar surface area (TPSA) is 95.2 Å². The van der Waals surface area contributed by atoms with Crippen molar-refractivity contribution in [1.29, 1.82) is 0 Å². The van der Waals surface area contributed by atoms with Crippen molar-refractivity contribution in [2.45, 2.75) is 38.0 Å². The summed E-state index contributed by atoms with van der Waals surface area (Å²) >= 11 is 1.29. The number of hydrogen-bond donors (Lipinski definition) is 2. The summed E-state index contributed by atoms with van der Waals surface area (Å²) in [4.78, 5) is 45.1. The predicted molar refractivity (Wildman–Crippen MR) is 112 cm³/mol. The fraction of sp³-hybridized carbons (Fsp3) is 0.400. The molecule has 1 aromatic heterocycles. The molecule has 0 atom stereocenters. The van der Waals surface area contributed by atoms with E-state index in [4.69, 9.17) is 0 Å². The summed E-state index contributed by atoms with van der Waals surface area (Å²) in [5.41, 5.74) is -0.760. The Bertz CT molecular complexity index is 1010. The van der Waals surface area contributed by atoms with E-state index in [1.54, 1.807) is 20.1 Å². The van der Waals surface area contributed by atoms with Gasteiger partial charge in [-0.3, -0.25) is 14.4 Å². The van der Waals surface area contributed by atoms with Crippen LogP contribution in [0.3, 0.4) is 0 Å². The summed E-state index contributed by atoms with van der Waals surface area (Å²) < 4.78 is 39.2.